The third-order valence-electron chi connectivity index (χ3n) is 6.92. The maximum atomic E-state index is 6.14. The molecule has 32 heavy (non-hydrogen) atoms. The topological polar surface area (TPSA) is 52.1 Å². The van der Waals surface area contributed by atoms with Crippen LogP contribution in [-0.4, -0.2) is 74.8 Å². The Morgan fingerprint density at radius 2 is 1.75 bits per heavy atom. The molecule has 2 aliphatic heterocycles. The smallest absolute Gasteiger partial charge is 0.191 e. The number of benzene rings is 1. The van der Waals surface area contributed by atoms with Gasteiger partial charge in [0.15, 0.2) is 5.96 Å². The Hall–Kier alpha value is -1.63. The molecule has 2 fully saturated rings. The van der Waals surface area contributed by atoms with Gasteiger partial charge >= 0.3 is 0 Å². The summed E-state index contributed by atoms with van der Waals surface area (Å²) in [7, 11) is 1.85. The summed E-state index contributed by atoms with van der Waals surface area (Å²) < 4.78 is 6.14. The highest BCUT2D eigenvalue weighted by atomic mass is 16.5. The zero-order valence-corrected chi connectivity index (χ0v) is 21.0. The highest BCUT2D eigenvalue weighted by molar-refractivity contribution is 5.79. The molecule has 0 aliphatic carbocycles. The molecule has 0 radical (unpaired) electrons. The summed E-state index contributed by atoms with van der Waals surface area (Å²) in [6.45, 7) is 18.5. The maximum absolute atomic E-state index is 6.14. The molecule has 0 spiro atoms. The Kier molecular flexibility index (Phi) is 9.38. The minimum Gasteiger partial charge on any atom is -0.377 e. The molecule has 1 aromatic rings. The summed E-state index contributed by atoms with van der Waals surface area (Å²) in [5.41, 5.74) is 2.92. The maximum Gasteiger partial charge on any atom is 0.191 e. The van der Waals surface area contributed by atoms with Gasteiger partial charge in [-0.15, -0.1) is 0 Å². The van der Waals surface area contributed by atoms with Crippen molar-refractivity contribution < 1.29 is 4.74 Å². The summed E-state index contributed by atoms with van der Waals surface area (Å²) >= 11 is 0. The SMILES string of the molecule is CCN1CCN(Cc2ccccc2CNC(=NC)NCC2CCCOC2C(C)(C)C)CC1. The Labute approximate surface area is 195 Å². The van der Waals surface area contributed by atoms with Gasteiger partial charge in [-0.05, 0) is 35.9 Å². The Bertz CT molecular complexity index is 721. The lowest BCUT2D eigenvalue weighted by Gasteiger charge is -2.40. The van der Waals surface area contributed by atoms with Gasteiger partial charge in [0.05, 0.1) is 6.10 Å². The number of aliphatic imine (C=N–C) groups is 1. The van der Waals surface area contributed by atoms with Crippen LogP contribution in [0.3, 0.4) is 0 Å². The molecule has 1 aromatic carbocycles. The normalized spacial score (nSPS) is 23.8. The number of nitrogens with one attached hydrogen (secondary N) is 2. The first-order valence-corrected chi connectivity index (χ1v) is 12.5. The second-order valence-corrected chi connectivity index (χ2v) is 10.3. The highest BCUT2D eigenvalue weighted by Crippen LogP contribution is 2.33. The number of hydrogen-bond acceptors (Lipinski definition) is 4. The van der Waals surface area contributed by atoms with Crippen molar-refractivity contribution in [1.82, 2.24) is 20.4 Å². The lowest BCUT2D eigenvalue weighted by molar-refractivity contribution is -0.0835. The minimum atomic E-state index is 0.158. The van der Waals surface area contributed by atoms with Crippen molar-refractivity contribution >= 4 is 5.96 Å². The standard InChI is InChI=1S/C26H45N5O/c1-6-30-13-15-31(16-14-30)20-23-11-8-7-10-21(23)18-28-25(27-5)29-19-22-12-9-17-32-24(22)26(2,3)4/h7-8,10-11,22,24H,6,9,12-20H2,1-5H3,(H2,27,28,29). The lowest BCUT2D eigenvalue weighted by atomic mass is 9.78. The Morgan fingerprint density at radius 1 is 1.06 bits per heavy atom. The molecule has 0 amide bonds. The molecule has 2 unspecified atom stereocenters. The van der Waals surface area contributed by atoms with Gasteiger partial charge in [-0.2, -0.15) is 0 Å². The fourth-order valence-corrected chi connectivity index (χ4v) is 5.03. The lowest BCUT2D eigenvalue weighted by Crippen LogP contribution is -2.47. The molecule has 6 nitrogen and oxygen atoms in total. The van der Waals surface area contributed by atoms with Gasteiger partial charge in [0.25, 0.3) is 0 Å². The fourth-order valence-electron chi connectivity index (χ4n) is 5.03. The molecule has 2 saturated heterocycles. The fraction of sp³-hybridized carbons (Fsp3) is 0.731. The van der Waals surface area contributed by atoms with Gasteiger partial charge in [-0.25, -0.2) is 0 Å². The van der Waals surface area contributed by atoms with Crippen molar-refractivity contribution in [2.75, 3.05) is 52.9 Å². The monoisotopic (exact) mass is 443 g/mol. The van der Waals surface area contributed by atoms with Crippen LogP contribution in [0.5, 0.6) is 0 Å². The first kappa shape index (κ1) is 25.0. The average molecular weight is 444 g/mol. The van der Waals surface area contributed by atoms with Crippen LogP contribution in [0.1, 0.15) is 51.7 Å². The van der Waals surface area contributed by atoms with Crippen LogP contribution in [0, 0.1) is 11.3 Å². The van der Waals surface area contributed by atoms with Gasteiger partial charge in [-0.3, -0.25) is 9.89 Å². The summed E-state index contributed by atoms with van der Waals surface area (Å²) in [5, 5.41) is 7.11. The van der Waals surface area contributed by atoms with E-state index in [0.717, 1.165) is 58.3 Å². The van der Waals surface area contributed by atoms with Crippen molar-refractivity contribution in [1.29, 1.82) is 0 Å². The van der Waals surface area contributed by atoms with Crippen molar-refractivity contribution in [2.24, 2.45) is 16.3 Å². The molecule has 0 aromatic heterocycles. The van der Waals surface area contributed by atoms with Crippen LogP contribution in [0.4, 0.5) is 0 Å². The minimum absolute atomic E-state index is 0.158. The molecule has 180 valence electrons. The van der Waals surface area contributed by atoms with Gasteiger partial charge in [-0.1, -0.05) is 52.0 Å². The number of rotatable bonds is 7. The van der Waals surface area contributed by atoms with Crippen LogP contribution in [0.2, 0.25) is 0 Å². The van der Waals surface area contributed by atoms with E-state index in [1.54, 1.807) is 0 Å². The molecule has 3 rings (SSSR count). The molecule has 2 N–H and O–H groups in total. The molecule has 2 atom stereocenters. The average Bonchev–Trinajstić information content (AvgIpc) is 2.80. The summed E-state index contributed by atoms with van der Waals surface area (Å²) in [5.74, 6) is 1.38. The van der Waals surface area contributed by atoms with E-state index in [4.69, 9.17) is 4.74 Å². The van der Waals surface area contributed by atoms with E-state index < -0.39 is 0 Å². The molecule has 2 heterocycles. The molecular formula is C26H45N5O. The first-order valence-electron chi connectivity index (χ1n) is 12.5. The third-order valence-corrected chi connectivity index (χ3v) is 6.92. The summed E-state index contributed by atoms with van der Waals surface area (Å²) in [6.07, 6.45) is 2.64. The van der Waals surface area contributed by atoms with Crippen molar-refractivity contribution in [3.05, 3.63) is 35.4 Å². The number of piperazine rings is 1. The summed E-state index contributed by atoms with van der Waals surface area (Å²) in [6, 6.07) is 8.80. The van der Waals surface area contributed by atoms with Gasteiger partial charge in [0.2, 0.25) is 0 Å². The number of guanidine groups is 1. The molecular weight excluding hydrogens is 398 g/mol. The van der Waals surface area contributed by atoms with E-state index in [2.05, 4.69) is 77.4 Å². The molecule has 6 heteroatoms. The van der Waals surface area contributed by atoms with Crippen LogP contribution in [0.25, 0.3) is 0 Å². The number of hydrogen-bond donors (Lipinski definition) is 2. The van der Waals surface area contributed by atoms with Crippen LogP contribution >= 0.6 is 0 Å². The second-order valence-electron chi connectivity index (χ2n) is 10.3. The number of nitrogens with zero attached hydrogens (tertiary/aromatic N) is 3. The van der Waals surface area contributed by atoms with Gasteiger partial charge < -0.3 is 20.3 Å². The predicted molar refractivity (Wildman–Crippen MR) is 134 cm³/mol. The van der Waals surface area contributed by atoms with E-state index in [1.807, 2.05) is 7.05 Å². The van der Waals surface area contributed by atoms with E-state index in [1.165, 1.54) is 30.6 Å². The number of likely N-dealkylation sites (N-methyl/N-ethyl adjacent to an activating group) is 1. The van der Waals surface area contributed by atoms with Crippen LogP contribution in [0.15, 0.2) is 29.3 Å². The highest BCUT2D eigenvalue weighted by Gasteiger charge is 2.35. The quantitative estimate of drug-likeness (QED) is 0.500. The van der Waals surface area contributed by atoms with Crippen molar-refractivity contribution in [2.45, 2.75) is 59.7 Å². The van der Waals surface area contributed by atoms with Crippen LogP contribution < -0.4 is 10.6 Å². The predicted octanol–water partition coefficient (Wildman–Crippen LogP) is 3.33. The van der Waals surface area contributed by atoms with Crippen molar-refractivity contribution in [3.8, 4) is 0 Å². The third kappa shape index (κ3) is 7.19. The van der Waals surface area contributed by atoms with Crippen LogP contribution in [-0.2, 0) is 17.8 Å². The molecule has 2 aliphatic rings. The van der Waals surface area contributed by atoms with E-state index >= 15 is 0 Å². The Balaban J connectivity index is 1.52. The largest absolute Gasteiger partial charge is 0.377 e. The van der Waals surface area contributed by atoms with Crippen molar-refractivity contribution in [3.63, 3.8) is 0 Å². The molecule has 0 bridgehead atoms. The number of ether oxygens (including phenoxy) is 1. The van der Waals surface area contributed by atoms with E-state index in [-0.39, 0.29) is 11.5 Å². The zero-order valence-electron chi connectivity index (χ0n) is 21.0. The van der Waals surface area contributed by atoms with E-state index in [0.29, 0.717) is 5.92 Å². The Morgan fingerprint density at radius 3 is 2.41 bits per heavy atom. The van der Waals surface area contributed by atoms with E-state index in [9.17, 15) is 0 Å². The summed E-state index contributed by atoms with van der Waals surface area (Å²) in [4.78, 5) is 9.58. The zero-order chi connectivity index (χ0) is 23.0. The second kappa shape index (κ2) is 12.0. The van der Waals surface area contributed by atoms with Gasteiger partial charge in [0, 0.05) is 65.4 Å². The molecule has 0 saturated carbocycles. The van der Waals surface area contributed by atoms with Gasteiger partial charge in [0.1, 0.15) is 0 Å². The first-order chi connectivity index (χ1) is 15.4.